The molecule has 5 nitrogen and oxygen atoms in total. The number of hydrogen-bond acceptors (Lipinski definition) is 4. The van der Waals surface area contributed by atoms with Crippen molar-refractivity contribution in [1.82, 2.24) is 4.98 Å². The number of rotatable bonds is 7. The molecule has 0 saturated heterocycles. The number of methoxy groups -OCH3 is 1. The minimum Gasteiger partial charge on any atom is -0.495 e. The summed E-state index contributed by atoms with van der Waals surface area (Å²) in [6, 6.07) is 17.4. The summed E-state index contributed by atoms with van der Waals surface area (Å²) >= 11 is 0. The van der Waals surface area contributed by atoms with Gasteiger partial charge in [-0.15, -0.1) is 0 Å². The molecule has 3 rings (SSSR count). The highest BCUT2D eigenvalue weighted by molar-refractivity contribution is 6.07. The second-order valence-electron chi connectivity index (χ2n) is 6.09. The Bertz CT molecular complexity index is 1040. The molecule has 0 saturated carbocycles. The van der Waals surface area contributed by atoms with Crippen LogP contribution >= 0.6 is 0 Å². The average molecular weight is 384 g/mol. The van der Waals surface area contributed by atoms with Crippen LogP contribution in [0.2, 0.25) is 0 Å². The molecular formula is C24H20N2O3. The van der Waals surface area contributed by atoms with Crippen molar-refractivity contribution in [3.05, 3.63) is 108 Å². The summed E-state index contributed by atoms with van der Waals surface area (Å²) in [6.07, 6.45) is 10.3. The number of carbonyl (C=O) groups excluding carboxylic acids is 2. The number of anilines is 1. The predicted octanol–water partition coefficient (Wildman–Crippen LogP) is 4.79. The van der Waals surface area contributed by atoms with Crippen LogP contribution in [0.4, 0.5) is 5.69 Å². The van der Waals surface area contributed by atoms with Gasteiger partial charge in [0.2, 0.25) is 0 Å². The van der Waals surface area contributed by atoms with E-state index in [1.807, 2.05) is 30.3 Å². The van der Waals surface area contributed by atoms with Crippen LogP contribution in [0.15, 0.2) is 91.3 Å². The third-order valence-corrected chi connectivity index (χ3v) is 4.14. The molecule has 29 heavy (non-hydrogen) atoms. The van der Waals surface area contributed by atoms with Gasteiger partial charge in [-0.2, -0.15) is 0 Å². The Morgan fingerprint density at radius 1 is 0.897 bits per heavy atom. The van der Waals surface area contributed by atoms with Gasteiger partial charge in [0.25, 0.3) is 5.91 Å². The zero-order valence-corrected chi connectivity index (χ0v) is 15.9. The number of nitrogens with one attached hydrogen (secondary N) is 1. The van der Waals surface area contributed by atoms with Gasteiger partial charge in [-0.1, -0.05) is 42.5 Å². The lowest BCUT2D eigenvalue weighted by atomic mass is 10.1. The molecule has 0 unspecified atom stereocenters. The molecule has 1 heterocycles. The number of nitrogens with zero attached hydrogens (tertiary/aromatic N) is 1. The zero-order valence-electron chi connectivity index (χ0n) is 15.9. The van der Waals surface area contributed by atoms with Gasteiger partial charge in [-0.3, -0.25) is 14.6 Å². The van der Waals surface area contributed by atoms with E-state index in [1.165, 1.54) is 6.08 Å². The van der Waals surface area contributed by atoms with Gasteiger partial charge in [0.1, 0.15) is 5.75 Å². The van der Waals surface area contributed by atoms with Gasteiger partial charge < -0.3 is 10.1 Å². The van der Waals surface area contributed by atoms with E-state index in [2.05, 4.69) is 10.3 Å². The lowest BCUT2D eigenvalue weighted by molar-refractivity contribution is 0.102. The molecule has 1 aromatic heterocycles. The van der Waals surface area contributed by atoms with Gasteiger partial charge >= 0.3 is 0 Å². The van der Waals surface area contributed by atoms with Crippen LogP contribution in [0.1, 0.15) is 26.3 Å². The quantitative estimate of drug-likeness (QED) is 0.361. The number of ether oxygens (including phenoxy) is 1. The summed E-state index contributed by atoms with van der Waals surface area (Å²) in [5.74, 6) is 0.169. The van der Waals surface area contributed by atoms with Crippen LogP contribution in [0.25, 0.3) is 6.08 Å². The molecule has 0 aliphatic carbocycles. The normalized spacial score (nSPS) is 10.9. The molecular weight excluding hydrogens is 364 g/mol. The highest BCUT2D eigenvalue weighted by Crippen LogP contribution is 2.23. The fraction of sp³-hybridized carbons (Fsp3) is 0.0417. The molecule has 0 fully saturated rings. The fourth-order valence-electron chi connectivity index (χ4n) is 2.61. The van der Waals surface area contributed by atoms with E-state index in [1.54, 1.807) is 68.1 Å². The van der Waals surface area contributed by atoms with Gasteiger partial charge in [0.05, 0.1) is 12.8 Å². The zero-order chi connectivity index (χ0) is 20.5. The van der Waals surface area contributed by atoms with Crippen molar-refractivity contribution in [2.24, 2.45) is 0 Å². The van der Waals surface area contributed by atoms with Gasteiger partial charge in [0.15, 0.2) is 5.78 Å². The predicted molar refractivity (Wildman–Crippen MR) is 114 cm³/mol. The van der Waals surface area contributed by atoms with Crippen molar-refractivity contribution in [3.63, 3.8) is 0 Å². The Hall–Kier alpha value is -3.99. The number of benzene rings is 2. The molecule has 3 aromatic rings. The maximum atomic E-state index is 12.4. The number of pyridine rings is 1. The number of allylic oxidation sites excluding steroid dienone is 3. The van der Waals surface area contributed by atoms with Crippen molar-refractivity contribution in [2.45, 2.75) is 0 Å². The van der Waals surface area contributed by atoms with E-state index in [4.69, 9.17) is 4.74 Å². The van der Waals surface area contributed by atoms with Crippen molar-refractivity contribution in [3.8, 4) is 5.75 Å². The maximum absolute atomic E-state index is 12.4. The minimum atomic E-state index is -0.274. The molecule has 0 atom stereocenters. The van der Waals surface area contributed by atoms with Gasteiger partial charge in [0, 0.05) is 23.5 Å². The lowest BCUT2D eigenvalue weighted by Crippen LogP contribution is -2.12. The first-order chi connectivity index (χ1) is 14.2. The third-order valence-electron chi connectivity index (χ3n) is 4.14. The Kier molecular flexibility index (Phi) is 6.68. The molecule has 0 aliphatic rings. The first-order valence-corrected chi connectivity index (χ1v) is 9.01. The van der Waals surface area contributed by atoms with Crippen LogP contribution in [-0.2, 0) is 0 Å². The molecule has 1 amide bonds. The van der Waals surface area contributed by atoms with Crippen LogP contribution in [0.5, 0.6) is 5.75 Å². The van der Waals surface area contributed by atoms with Crippen molar-refractivity contribution >= 4 is 23.5 Å². The Morgan fingerprint density at radius 2 is 1.59 bits per heavy atom. The van der Waals surface area contributed by atoms with Crippen LogP contribution in [0, 0.1) is 0 Å². The Balaban J connectivity index is 1.61. The topological polar surface area (TPSA) is 68.3 Å². The SMILES string of the molecule is COc1ccccc1NC(=O)c1ccc(C(=O)/C=C/C=C/c2ccncc2)cc1. The Morgan fingerprint density at radius 3 is 2.31 bits per heavy atom. The number of ketones is 1. The van der Waals surface area contributed by atoms with E-state index < -0.39 is 0 Å². The molecule has 5 heteroatoms. The second kappa shape index (κ2) is 9.80. The molecule has 0 spiro atoms. The van der Waals surface area contributed by atoms with E-state index in [-0.39, 0.29) is 11.7 Å². The second-order valence-corrected chi connectivity index (χ2v) is 6.09. The number of aromatic nitrogens is 1. The van der Waals surface area contributed by atoms with E-state index >= 15 is 0 Å². The molecule has 0 radical (unpaired) electrons. The van der Waals surface area contributed by atoms with Gasteiger partial charge in [-0.25, -0.2) is 0 Å². The molecule has 0 aliphatic heterocycles. The number of amides is 1. The average Bonchev–Trinajstić information content (AvgIpc) is 2.77. The summed E-state index contributed by atoms with van der Waals surface area (Å²) in [4.78, 5) is 28.6. The minimum absolute atomic E-state index is 0.138. The fourth-order valence-corrected chi connectivity index (χ4v) is 2.61. The van der Waals surface area contributed by atoms with E-state index in [9.17, 15) is 9.59 Å². The molecule has 2 aromatic carbocycles. The van der Waals surface area contributed by atoms with E-state index in [0.717, 1.165) is 5.56 Å². The monoisotopic (exact) mass is 384 g/mol. The Labute approximate surface area is 169 Å². The van der Waals surface area contributed by atoms with Gasteiger partial charge in [-0.05, 0) is 48.0 Å². The maximum Gasteiger partial charge on any atom is 0.255 e. The highest BCUT2D eigenvalue weighted by Gasteiger charge is 2.10. The van der Waals surface area contributed by atoms with E-state index in [0.29, 0.717) is 22.6 Å². The number of hydrogen-bond donors (Lipinski definition) is 1. The summed E-state index contributed by atoms with van der Waals surface area (Å²) in [6.45, 7) is 0. The number of para-hydroxylation sites is 2. The standard InChI is InChI=1S/C24H20N2O3/c1-29-23-9-5-3-7-21(23)26-24(28)20-12-10-19(11-13-20)22(27)8-4-2-6-18-14-16-25-17-15-18/h2-17H,1H3,(H,26,28)/b6-2+,8-4+. The number of carbonyl (C=O) groups is 2. The third kappa shape index (κ3) is 5.49. The first kappa shape index (κ1) is 19.8. The lowest BCUT2D eigenvalue weighted by Gasteiger charge is -2.09. The van der Waals surface area contributed by atoms with Crippen LogP contribution in [-0.4, -0.2) is 23.8 Å². The smallest absolute Gasteiger partial charge is 0.255 e. The van der Waals surface area contributed by atoms with Crippen LogP contribution < -0.4 is 10.1 Å². The first-order valence-electron chi connectivity index (χ1n) is 9.01. The van der Waals surface area contributed by atoms with Crippen LogP contribution in [0.3, 0.4) is 0 Å². The summed E-state index contributed by atoms with van der Waals surface area (Å²) in [7, 11) is 1.55. The molecule has 1 N–H and O–H groups in total. The summed E-state index contributed by atoms with van der Waals surface area (Å²) in [5.41, 5.74) is 2.55. The largest absolute Gasteiger partial charge is 0.495 e. The van der Waals surface area contributed by atoms with Crippen molar-refractivity contribution in [2.75, 3.05) is 12.4 Å². The highest BCUT2D eigenvalue weighted by atomic mass is 16.5. The van der Waals surface area contributed by atoms with Crippen molar-refractivity contribution in [1.29, 1.82) is 0 Å². The van der Waals surface area contributed by atoms with Crippen molar-refractivity contribution < 1.29 is 14.3 Å². The molecule has 0 bridgehead atoms. The summed E-state index contributed by atoms with van der Waals surface area (Å²) in [5, 5.41) is 2.81. The molecule has 144 valence electrons. The summed E-state index contributed by atoms with van der Waals surface area (Å²) < 4.78 is 5.23.